The predicted octanol–water partition coefficient (Wildman–Crippen LogP) is 3.63. The summed E-state index contributed by atoms with van der Waals surface area (Å²) in [6.45, 7) is 3.29. The summed E-state index contributed by atoms with van der Waals surface area (Å²) in [7, 11) is 1.95. The number of nitrogens with one attached hydrogen (secondary N) is 1. The standard InChI is InChI=1S/C20H26F2N4O/c1-4-24-20(25-12-10-17-9-11-23-13-15(17)2)26(3)14-16-5-7-18(8-6-16)27-19(21)22/h5-9,11,13,19H,4,10,12,14H2,1-3H3,(H,24,25). The first-order valence-corrected chi connectivity index (χ1v) is 8.92. The van der Waals surface area contributed by atoms with Crippen molar-refractivity contribution in [3.63, 3.8) is 0 Å². The fourth-order valence-corrected chi connectivity index (χ4v) is 2.66. The van der Waals surface area contributed by atoms with Crippen LogP contribution in [0.4, 0.5) is 8.78 Å². The molecule has 0 saturated carbocycles. The zero-order valence-corrected chi connectivity index (χ0v) is 16.0. The van der Waals surface area contributed by atoms with Crippen molar-refractivity contribution in [2.45, 2.75) is 33.4 Å². The normalized spacial score (nSPS) is 11.6. The third-order valence-corrected chi connectivity index (χ3v) is 4.04. The number of hydrogen-bond acceptors (Lipinski definition) is 3. The first-order chi connectivity index (χ1) is 13.0. The largest absolute Gasteiger partial charge is 0.435 e. The van der Waals surface area contributed by atoms with Crippen molar-refractivity contribution in [3.8, 4) is 5.75 Å². The number of guanidine groups is 1. The van der Waals surface area contributed by atoms with Gasteiger partial charge in [0.25, 0.3) is 0 Å². The van der Waals surface area contributed by atoms with Crippen molar-refractivity contribution in [1.82, 2.24) is 15.2 Å². The summed E-state index contributed by atoms with van der Waals surface area (Å²) in [5.41, 5.74) is 3.38. The Hall–Kier alpha value is -2.70. The number of ether oxygens (including phenoxy) is 1. The second kappa shape index (κ2) is 10.4. The molecule has 0 aliphatic heterocycles. The van der Waals surface area contributed by atoms with Gasteiger partial charge in [-0.05, 0) is 55.2 Å². The maximum absolute atomic E-state index is 12.2. The molecule has 27 heavy (non-hydrogen) atoms. The van der Waals surface area contributed by atoms with Crippen LogP contribution in [-0.2, 0) is 13.0 Å². The summed E-state index contributed by atoms with van der Waals surface area (Å²) in [6.07, 6.45) is 4.50. The summed E-state index contributed by atoms with van der Waals surface area (Å²) < 4.78 is 28.8. The molecule has 0 atom stereocenters. The van der Waals surface area contributed by atoms with E-state index in [4.69, 9.17) is 4.99 Å². The lowest BCUT2D eigenvalue weighted by Gasteiger charge is -2.22. The monoisotopic (exact) mass is 376 g/mol. The van der Waals surface area contributed by atoms with Gasteiger partial charge in [-0.2, -0.15) is 8.78 Å². The molecule has 0 aliphatic rings. The summed E-state index contributed by atoms with van der Waals surface area (Å²) in [5.74, 6) is 0.960. The molecule has 1 heterocycles. The molecule has 0 bridgehead atoms. The Morgan fingerprint density at radius 2 is 2.00 bits per heavy atom. The van der Waals surface area contributed by atoms with E-state index in [-0.39, 0.29) is 5.75 Å². The molecule has 0 spiro atoms. The number of rotatable bonds is 8. The molecular formula is C20H26F2N4O. The highest BCUT2D eigenvalue weighted by Gasteiger charge is 2.08. The molecule has 2 aromatic rings. The highest BCUT2D eigenvalue weighted by Crippen LogP contribution is 2.15. The number of aryl methyl sites for hydroxylation is 1. The Kier molecular flexibility index (Phi) is 7.98. The van der Waals surface area contributed by atoms with Crippen molar-refractivity contribution in [2.75, 3.05) is 20.1 Å². The Morgan fingerprint density at radius 1 is 1.26 bits per heavy atom. The number of nitrogens with zero attached hydrogens (tertiary/aromatic N) is 3. The van der Waals surface area contributed by atoms with E-state index in [2.05, 4.69) is 15.0 Å². The molecule has 146 valence electrons. The fraction of sp³-hybridized carbons (Fsp3) is 0.400. The van der Waals surface area contributed by atoms with Crippen molar-refractivity contribution in [3.05, 3.63) is 59.4 Å². The summed E-state index contributed by atoms with van der Waals surface area (Å²) >= 11 is 0. The van der Waals surface area contributed by atoms with E-state index in [1.165, 1.54) is 5.56 Å². The number of hydrogen-bond donors (Lipinski definition) is 1. The molecular weight excluding hydrogens is 350 g/mol. The quantitative estimate of drug-likeness (QED) is 0.565. The van der Waals surface area contributed by atoms with Crippen molar-refractivity contribution >= 4 is 5.96 Å². The van der Waals surface area contributed by atoms with Crippen LogP contribution in [0.2, 0.25) is 0 Å². The molecule has 0 unspecified atom stereocenters. The molecule has 1 aromatic carbocycles. The lowest BCUT2D eigenvalue weighted by Crippen LogP contribution is -2.38. The minimum Gasteiger partial charge on any atom is -0.435 e. The molecule has 0 aliphatic carbocycles. The van der Waals surface area contributed by atoms with Crippen LogP contribution in [0, 0.1) is 6.92 Å². The average Bonchev–Trinajstić information content (AvgIpc) is 2.63. The van der Waals surface area contributed by atoms with Gasteiger partial charge >= 0.3 is 6.61 Å². The summed E-state index contributed by atoms with van der Waals surface area (Å²) in [4.78, 5) is 10.8. The van der Waals surface area contributed by atoms with Gasteiger partial charge in [0.2, 0.25) is 0 Å². The zero-order chi connectivity index (χ0) is 19.6. The third kappa shape index (κ3) is 6.84. The third-order valence-electron chi connectivity index (χ3n) is 4.04. The van der Waals surface area contributed by atoms with E-state index in [0.29, 0.717) is 13.1 Å². The van der Waals surface area contributed by atoms with Crippen LogP contribution in [0.5, 0.6) is 5.75 Å². The highest BCUT2D eigenvalue weighted by molar-refractivity contribution is 5.79. The lowest BCUT2D eigenvalue weighted by molar-refractivity contribution is -0.0498. The molecule has 0 fully saturated rings. The van der Waals surface area contributed by atoms with Gasteiger partial charge in [-0.3, -0.25) is 9.98 Å². The fourth-order valence-electron chi connectivity index (χ4n) is 2.66. The van der Waals surface area contributed by atoms with Crippen LogP contribution in [0.1, 0.15) is 23.6 Å². The maximum Gasteiger partial charge on any atom is 0.387 e. The van der Waals surface area contributed by atoms with E-state index in [1.54, 1.807) is 30.5 Å². The summed E-state index contributed by atoms with van der Waals surface area (Å²) in [6, 6.07) is 8.66. The second-order valence-corrected chi connectivity index (χ2v) is 6.17. The predicted molar refractivity (Wildman–Crippen MR) is 103 cm³/mol. The van der Waals surface area contributed by atoms with Gasteiger partial charge in [-0.15, -0.1) is 0 Å². The van der Waals surface area contributed by atoms with Gasteiger partial charge in [-0.25, -0.2) is 0 Å². The number of alkyl halides is 2. The van der Waals surface area contributed by atoms with Crippen LogP contribution in [0.3, 0.4) is 0 Å². The minimum atomic E-state index is -2.81. The Morgan fingerprint density at radius 3 is 2.63 bits per heavy atom. The summed E-state index contributed by atoms with van der Waals surface area (Å²) in [5, 5.41) is 3.28. The minimum absolute atomic E-state index is 0.157. The van der Waals surface area contributed by atoms with Gasteiger partial charge in [0.15, 0.2) is 5.96 Å². The number of aliphatic imine (C=N–C) groups is 1. The number of aromatic nitrogens is 1. The molecule has 2 rings (SSSR count). The van der Waals surface area contributed by atoms with E-state index in [1.807, 2.05) is 38.1 Å². The molecule has 1 N–H and O–H groups in total. The topological polar surface area (TPSA) is 49.8 Å². The lowest BCUT2D eigenvalue weighted by atomic mass is 10.1. The smallest absolute Gasteiger partial charge is 0.387 e. The van der Waals surface area contributed by atoms with Crippen molar-refractivity contribution in [2.24, 2.45) is 4.99 Å². The van der Waals surface area contributed by atoms with Crippen molar-refractivity contribution in [1.29, 1.82) is 0 Å². The SMILES string of the molecule is CCNC(=NCCc1ccncc1C)N(C)Cc1ccc(OC(F)F)cc1. The number of halogens is 2. The Labute approximate surface area is 159 Å². The molecule has 0 radical (unpaired) electrons. The molecule has 0 saturated heterocycles. The average molecular weight is 376 g/mol. The molecule has 1 aromatic heterocycles. The van der Waals surface area contributed by atoms with Crippen LogP contribution in [-0.4, -0.2) is 42.6 Å². The second-order valence-electron chi connectivity index (χ2n) is 6.17. The van der Waals surface area contributed by atoms with E-state index >= 15 is 0 Å². The zero-order valence-electron chi connectivity index (χ0n) is 16.0. The molecule has 7 heteroatoms. The highest BCUT2D eigenvalue weighted by atomic mass is 19.3. The molecule has 0 amide bonds. The maximum atomic E-state index is 12.2. The van der Waals surface area contributed by atoms with Crippen LogP contribution < -0.4 is 10.1 Å². The van der Waals surface area contributed by atoms with E-state index in [0.717, 1.165) is 30.1 Å². The van der Waals surface area contributed by atoms with Crippen LogP contribution in [0.15, 0.2) is 47.7 Å². The number of pyridine rings is 1. The van der Waals surface area contributed by atoms with Gasteiger partial charge < -0.3 is 15.0 Å². The van der Waals surface area contributed by atoms with Gasteiger partial charge in [-0.1, -0.05) is 12.1 Å². The number of benzene rings is 1. The molecule has 5 nitrogen and oxygen atoms in total. The van der Waals surface area contributed by atoms with E-state index < -0.39 is 6.61 Å². The van der Waals surface area contributed by atoms with Gasteiger partial charge in [0, 0.05) is 39.1 Å². The first kappa shape index (κ1) is 20.6. The van der Waals surface area contributed by atoms with Crippen LogP contribution in [0.25, 0.3) is 0 Å². The van der Waals surface area contributed by atoms with E-state index in [9.17, 15) is 8.78 Å². The Bertz CT molecular complexity index is 735. The van der Waals surface area contributed by atoms with Crippen molar-refractivity contribution < 1.29 is 13.5 Å². The van der Waals surface area contributed by atoms with Crippen LogP contribution >= 0.6 is 0 Å². The Balaban J connectivity index is 1.96. The van der Waals surface area contributed by atoms with Gasteiger partial charge in [0.1, 0.15) is 5.75 Å². The van der Waals surface area contributed by atoms with Gasteiger partial charge in [0.05, 0.1) is 0 Å². The first-order valence-electron chi connectivity index (χ1n) is 8.92.